The summed E-state index contributed by atoms with van der Waals surface area (Å²) < 4.78 is 0. The number of nitrogens with one attached hydrogen (secondary N) is 1. The van der Waals surface area contributed by atoms with E-state index >= 15 is 0 Å². The number of carbonyl (C=O) groups is 4. The van der Waals surface area contributed by atoms with E-state index in [4.69, 9.17) is 5.73 Å². The Hall–Kier alpha value is -3.62. The second-order valence-electron chi connectivity index (χ2n) is 6.44. The van der Waals surface area contributed by atoms with E-state index in [9.17, 15) is 19.2 Å². The Morgan fingerprint density at radius 2 is 1.96 bits per heavy atom. The Morgan fingerprint density at radius 3 is 2.63 bits per heavy atom. The van der Waals surface area contributed by atoms with Gasteiger partial charge in [0, 0.05) is 24.1 Å². The lowest BCUT2D eigenvalue weighted by Crippen LogP contribution is -2.52. The topological polar surface area (TPSA) is 135 Å². The van der Waals surface area contributed by atoms with Crippen molar-refractivity contribution < 1.29 is 19.2 Å². The number of nitrogens with two attached hydrogens (primary N) is 1. The van der Waals surface area contributed by atoms with Gasteiger partial charge in [-0.25, -0.2) is 0 Å². The Bertz CT molecular complexity index is 986. The van der Waals surface area contributed by atoms with Crippen LogP contribution in [0.15, 0.2) is 30.3 Å². The second kappa shape index (κ2) is 6.27. The van der Waals surface area contributed by atoms with Crippen molar-refractivity contribution in [3.8, 4) is 11.3 Å². The van der Waals surface area contributed by atoms with Gasteiger partial charge in [0.1, 0.15) is 6.04 Å². The number of piperidine rings is 1. The molecule has 2 aliphatic heterocycles. The number of carbonyl (C=O) groups excluding carboxylic acids is 4. The summed E-state index contributed by atoms with van der Waals surface area (Å²) in [5.41, 5.74) is 7.78. The van der Waals surface area contributed by atoms with Crippen LogP contribution >= 0.6 is 0 Å². The predicted molar refractivity (Wildman–Crippen MR) is 92.0 cm³/mol. The van der Waals surface area contributed by atoms with E-state index in [0.717, 1.165) is 11.1 Å². The number of hydrogen-bond donors (Lipinski definition) is 2. The molecule has 0 aliphatic carbocycles. The zero-order valence-corrected chi connectivity index (χ0v) is 14.1. The van der Waals surface area contributed by atoms with E-state index in [1.54, 1.807) is 18.2 Å². The van der Waals surface area contributed by atoms with E-state index in [0.29, 0.717) is 17.7 Å². The van der Waals surface area contributed by atoms with Crippen LogP contribution in [0.4, 0.5) is 0 Å². The number of hydrogen-bond acceptors (Lipinski definition) is 6. The molecule has 2 aromatic rings. The Labute approximate surface area is 153 Å². The summed E-state index contributed by atoms with van der Waals surface area (Å²) in [7, 11) is 0. The molecule has 1 aromatic heterocycles. The number of fused-ring (bicyclic) bond motifs is 1. The molecule has 136 valence electrons. The lowest BCUT2D eigenvalue weighted by molar-refractivity contribution is -0.136. The molecule has 1 atom stereocenters. The summed E-state index contributed by atoms with van der Waals surface area (Å²) in [6.45, 7) is 0.279. The average Bonchev–Trinajstić information content (AvgIpc) is 2.98. The number of amides is 4. The van der Waals surface area contributed by atoms with Crippen LogP contribution < -0.4 is 11.1 Å². The maximum Gasteiger partial charge on any atom is 0.269 e. The Balaban J connectivity index is 1.60. The van der Waals surface area contributed by atoms with Crippen LogP contribution in [0.5, 0.6) is 0 Å². The van der Waals surface area contributed by atoms with Gasteiger partial charge < -0.3 is 10.6 Å². The van der Waals surface area contributed by atoms with Crippen LogP contribution in [-0.2, 0) is 16.1 Å². The van der Waals surface area contributed by atoms with Gasteiger partial charge in [0.05, 0.1) is 5.69 Å². The molecule has 0 bridgehead atoms. The smallest absolute Gasteiger partial charge is 0.269 e. The third-order valence-corrected chi connectivity index (χ3v) is 4.74. The maximum atomic E-state index is 12.7. The van der Waals surface area contributed by atoms with Crippen molar-refractivity contribution in [1.82, 2.24) is 20.4 Å². The summed E-state index contributed by atoms with van der Waals surface area (Å²) in [5, 5.41) is 10.1. The van der Waals surface area contributed by atoms with Crippen LogP contribution in [0, 0.1) is 0 Å². The molecule has 1 fully saturated rings. The monoisotopic (exact) mass is 365 g/mol. The average molecular weight is 365 g/mol. The molecule has 4 rings (SSSR count). The summed E-state index contributed by atoms with van der Waals surface area (Å²) in [6, 6.07) is 7.69. The van der Waals surface area contributed by atoms with E-state index < -0.39 is 17.9 Å². The zero-order valence-electron chi connectivity index (χ0n) is 14.1. The van der Waals surface area contributed by atoms with Gasteiger partial charge in [-0.1, -0.05) is 6.07 Å². The molecule has 3 N–H and O–H groups in total. The van der Waals surface area contributed by atoms with Crippen LogP contribution in [0.1, 0.15) is 39.3 Å². The lowest BCUT2D eigenvalue weighted by Gasteiger charge is -2.29. The third kappa shape index (κ3) is 2.92. The Morgan fingerprint density at radius 1 is 1.15 bits per heavy atom. The third-order valence-electron chi connectivity index (χ3n) is 4.74. The number of imide groups is 1. The van der Waals surface area contributed by atoms with Crippen LogP contribution in [-0.4, -0.2) is 44.8 Å². The highest BCUT2D eigenvalue weighted by Crippen LogP contribution is 2.30. The normalized spacial score (nSPS) is 19.0. The Kier molecular flexibility index (Phi) is 3.91. The van der Waals surface area contributed by atoms with Gasteiger partial charge in [-0.15, -0.1) is 10.2 Å². The first-order valence-electron chi connectivity index (χ1n) is 8.35. The summed E-state index contributed by atoms with van der Waals surface area (Å²) >= 11 is 0. The largest absolute Gasteiger partial charge is 0.364 e. The number of rotatable bonds is 3. The fourth-order valence-corrected chi connectivity index (χ4v) is 3.35. The summed E-state index contributed by atoms with van der Waals surface area (Å²) in [6.07, 6.45) is 0.529. The minimum Gasteiger partial charge on any atom is -0.364 e. The molecule has 1 saturated heterocycles. The van der Waals surface area contributed by atoms with Gasteiger partial charge in [-0.05, 0) is 36.2 Å². The minimum absolute atomic E-state index is 0.0686. The maximum absolute atomic E-state index is 12.7. The van der Waals surface area contributed by atoms with Crippen molar-refractivity contribution in [2.75, 3.05) is 0 Å². The molecular weight excluding hydrogens is 350 g/mol. The molecule has 4 amide bonds. The number of nitrogens with zero attached hydrogens (tertiary/aromatic N) is 3. The predicted octanol–water partition coefficient (Wildman–Crippen LogP) is 0.00350. The molecule has 0 saturated carbocycles. The van der Waals surface area contributed by atoms with Crippen molar-refractivity contribution in [3.05, 3.63) is 47.2 Å². The van der Waals surface area contributed by atoms with Crippen molar-refractivity contribution in [1.29, 1.82) is 0 Å². The van der Waals surface area contributed by atoms with Crippen molar-refractivity contribution in [2.24, 2.45) is 5.73 Å². The highest BCUT2D eigenvalue weighted by molar-refractivity contribution is 6.05. The molecule has 2 aliphatic rings. The summed E-state index contributed by atoms with van der Waals surface area (Å²) in [4.78, 5) is 48.7. The molecule has 0 spiro atoms. The number of benzene rings is 1. The van der Waals surface area contributed by atoms with Crippen molar-refractivity contribution in [2.45, 2.75) is 25.4 Å². The fourth-order valence-electron chi connectivity index (χ4n) is 3.35. The van der Waals surface area contributed by atoms with Crippen LogP contribution in [0.3, 0.4) is 0 Å². The summed E-state index contributed by atoms with van der Waals surface area (Å²) in [5.74, 6) is -1.66. The number of primary amides is 1. The van der Waals surface area contributed by atoms with Gasteiger partial charge >= 0.3 is 0 Å². The zero-order chi connectivity index (χ0) is 19.1. The van der Waals surface area contributed by atoms with Crippen LogP contribution in [0.2, 0.25) is 0 Å². The van der Waals surface area contributed by atoms with E-state index in [1.807, 2.05) is 6.07 Å². The minimum atomic E-state index is -0.659. The van der Waals surface area contributed by atoms with Crippen molar-refractivity contribution >= 4 is 23.6 Å². The molecular formula is C18H15N5O4. The molecule has 0 radical (unpaired) electrons. The number of aromatic nitrogens is 2. The van der Waals surface area contributed by atoms with Gasteiger partial charge in [-0.3, -0.25) is 24.5 Å². The van der Waals surface area contributed by atoms with Crippen LogP contribution in [0.25, 0.3) is 11.3 Å². The standard InChI is InChI=1S/C18H15N5O4/c19-16(25)13-4-3-12(21-22-13)9-1-2-11-10(7-9)8-23(18(11)27)14-5-6-15(24)20-17(14)26/h1-4,7,14H,5-6,8H2,(H2,19,25)(H,20,24,26). The van der Waals surface area contributed by atoms with Gasteiger partial charge in [0.25, 0.3) is 11.8 Å². The molecule has 1 unspecified atom stereocenters. The SMILES string of the molecule is NC(=O)c1ccc(-c2ccc3c(c2)CN(C2CCC(=O)NC2=O)C3=O)nn1. The molecule has 27 heavy (non-hydrogen) atoms. The highest BCUT2D eigenvalue weighted by atomic mass is 16.2. The van der Waals surface area contributed by atoms with Gasteiger partial charge in [0.15, 0.2) is 5.69 Å². The van der Waals surface area contributed by atoms with Crippen molar-refractivity contribution in [3.63, 3.8) is 0 Å². The quantitative estimate of drug-likeness (QED) is 0.735. The fraction of sp³-hybridized carbons (Fsp3) is 0.222. The lowest BCUT2D eigenvalue weighted by atomic mass is 10.0. The first kappa shape index (κ1) is 16.8. The van der Waals surface area contributed by atoms with Gasteiger partial charge in [-0.2, -0.15) is 0 Å². The first-order valence-corrected chi connectivity index (χ1v) is 8.35. The second-order valence-corrected chi connectivity index (χ2v) is 6.44. The van der Waals surface area contributed by atoms with E-state index in [2.05, 4.69) is 15.5 Å². The first-order chi connectivity index (χ1) is 12.9. The highest BCUT2D eigenvalue weighted by Gasteiger charge is 2.39. The molecule has 9 nitrogen and oxygen atoms in total. The van der Waals surface area contributed by atoms with E-state index in [-0.39, 0.29) is 30.5 Å². The molecule has 1 aromatic carbocycles. The molecule has 9 heteroatoms. The molecule has 3 heterocycles. The van der Waals surface area contributed by atoms with E-state index in [1.165, 1.54) is 11.0 Å². The van der Waals surface area contributed by atoms with Gasteiger partial charge in [0.2, 0.25) is 11.8 Å².